The first-order chi connectivity index (χ1) is 11.4. The van der Waals surface area contributed by atoms with Gasteiger partial charge < -0.3 is 5.11 Å². The number of rotatable bonds is 4. The summed E-state index contributed by atoms with van der Waals surface area (Å²) in [5, 5.41) is 20.3. The van der Waals surface area contributed by atoms with Crippen LogP contribution in [0.3, 0.4) is 0 Å². The number of halogens is 1. The maximum atomic E-state index is 12.3. The molecule has 0 unspecified atom stereocenters. The molecule has 5 nitrogen and oxygen atoms in total. The van der Waals surface area contributed by atoms with E-state index < -0.39 is 5.56 Å². The van der Waals surface area contributed by atoms with Crippen molar-refractivity contribution in [2.24, 2.45) is 4.99 Å². The summed E-state index contributed by atoms with van der Waals surface area (Å²) in [5.41, 5.74) is 1.87. The fourth-order valence-corrected chi connectivity index (χ4v) is 2.53. The van der Waals surface area contributed by atoms with Crippen LogP contribution in [0.15, 0.2) is 28.0 Å². The number of aliphatic imine (C=N–C) groups is 1. The van der Waals surface area contributed by atoms with Crippen molar-refractivity contribution in [2.45, 2.75) is 33.7 Å². The number of aromatic nitrogens is 1. The van der Waals surface area contributed by atoms with Crippen LogP contribution < -0.4 is 5.56 Å². The molecule has 1 heterocycles. The van der Waals surface area contributed by atoms with Crippen molar-refractivity contribution in [3.8, 4) is 11.9 Å². The van der Waals surface area contributed by atoms with Gasteiger partial charge in [-0.15, -0.1) is 0 Å². The molecule has 0 radical (unpaired) electrons. The van der Waals surface area contributed by atoms with Crippen molar-refractivity contribution >= 4 is 23.5 Å². The fourth-order valence-electron chi connectivity index (χ4n) is 2.36. The summed E-state index contributed by atoms with van der Waals surface area (Å²) in [5.74, 6) is -0.180. The summed E-state index contributed by atoms with van der Waals surface area (Å²) in [6.07, 6.45) is 2.11. The zero-order chi connectivity index (χ0) is 17.9. The molecule has 0 fully saturated rings. The molecule has 0 aliphatic rings. The van der Waals surface area contributed by atoms with Crippen molar-refractivity contribution in [3.05, 3.63) is 55.8 Å². The summed E-state index contributed by atoms with van der Waals surface area (Å²) in [7, 11) is 0. The van der Waals surface area contributed by atoms with E-state index in [9.17, 15) is 15.2 Å². The van der Waals surface area contributed by atoms with Gasteiger partial charge in [0, 0.05) is 17.8 Å². The lowest BCUT2D eigenvalue weighted by atomic mass is 10.1. The van der Waals surface area contributed by atoms with Crippen molar-refractivity contribution in [1.82, 2.24) is 4.57 Å². The number of benzene rings is 1. The van der Waals surface area contributed by atoms with E-state index in [-0.39, 0.29) is 11.4 Å². The number of hydrogen-bond donors (Lipinski definition) is 1. The average molecular weight is 344 g/mol. The van der Waals surface area contributed by atoms with Crippen LogP contribution in [-0.2, 0) is 6.54 Å². The second-order valence-corrected chi connectivity index (χ2v) is 5.90. The van der Waals surface area contributed by atoms with E-state index >= 15 is 0 Å². The second-order valence-electron chi connectivity index (χ2n) is 5.50. The predicted molar refractivity (Wildman–Crippen MR) is 95.6 cm³/mol. The molecule has 0 saturated heterocycles. The SMILES string of the molecule is CCCn1c(O)c(C=Nc2ccc(C)c(Cl)c2)c(C)c(C#N)c1=O. The minimum Gasteiger partial charge on any atom is -0.494 e. The Bertz CT molecular complexity index is 908. The molecule has 24 heavy (non-hydrogen) atoms. The van der Waals surface area contributed by atoms with Crippen LogP contribution in [-0.4, -0.2) is 15.9 Å². The van der Waals surface area contributed by atoms with Crippen molar-refractivity contribution in [3.63, 3.8) is 0 Å². The Hall–Kier alpha value is -2.58. The van der Waals surface area contributed by atoms with E-state index in [0.29, 0.717) is 34.8 Å². The molecular formula is C18H18ClN3O2. The van der Waals surface area contributed by atoms with E-state index in [0.717, 1.165) is 5.56 Å². The molecule has 0 spiro atoms. The Labute approximate surface area is 145 Å². The van der Waals surface area contributed by atoms with E-state index in [1.807, 2.05) is 26.0 Å². The van der Waals surface area contributed by atoms with Gasteiger partial charge in [0.25, 0.3) is 5.56 Å². The minimum absolute atomic E-state index is 0.0182. The standard InChI is InChI=1S/C18H18ClN3O2/c1-4-7-22-17(23)14(9-20)12(3)15(18(22)24)10-21-13-6-5-11(2)16(19)8-13/h5-6,8,10,24H,4,7H2,1-3H3. The summed E-state index contributed by atoms with van der Waals surface area (Å²) in [6.45, 7) is 5.74. The topological polar surface area (TPSA) is 78.4 Å². The first-order valence-corrected chi connectivity index (χ1v) is 7.95. The van der Waals surface area contributed by atoms with E-state index in [2.05, 4.69) is 4.99 Å². The number of nitrogens with zero attached hydrogens (tertiary/aromatic N) is 3. The zero-order valence-corrected chi connectivity index (χ0v) is 14.6. The van der Waals surface area contributed by atoms with Crippen LogP contribution in [0.4, 0.5) is 5.69 Å². The molecule has 1 N–H and O–H groups in total. The minimum atomic E-state index is -0.482. The Balaban J connectivity index is 2.59. The first-order valence-electron chi connectivity index (χ1n) is 7.57. The molecule has 1 aromatic heterocycles. The van der Waals surface area contributed by atoms with Crippen LogP contribution in [0.1, 0.15) is 35.6 Å². The lowest BCUT2D eigenvalue weighted by molar-refractivity contribution is 0.403. The van der Waals surface area contributed by atoms with Crippen LogP contribution in [0.25, 0.3) is 0 Å². The molecular weight excluding hydrogens is 326 g/mol. The lowest BCUT2D eigenvalue weighted by Gasteiger charge is -2.13. The molecule has 124 valence electrons. The van der Waals surface area contributed by atoms with Gasteiger partial charge in [0.1, 0.15) is 11.6 Å². The number of aromatic hydroxyl groups is 1. The van der Waals surface area contributed by atoms with Gasteiger partial charge in [-0.25, -0.2) is 0 Å². The Morgan fingerprint density at radius 2 is 2.12 bits per heavy atom. The molecule has 0 atom stereocenters. The third-order valence-corrected chi connectivity index (χ3v) is 4.20. The van der Waals surface area contributed by atoms with Crippen molar-refractivity contribution < 1.29 is 5.11 Å². The predicted octanol–water partition coefficient (Wildman–Crippen LogP) is 3.86. The highest BCUT2D eigenvalue weighted by Gasteiger charge is 2.17. The van der Waals surface area contributed by atoms with Gasteiger partial charge in [-0.05, 0) is 43.5 Å². The van der Waals surface area contributed by atoms with Crippen LogP contribution in [0.5, 0.6) is 5.88 Å². The first kappa shape index (κ1) is 17.8. The van der Waals surface area contributed by atoms with Gasteiger partial charge in [-0.2, -0.15) is 5.26 Å². The van der Waals surface area contributed by atoms with Gasteiger partial charge in [0.2, 0.25) is 5.88 Å². The molecule has 0 amide bonds. The quantitative estimate of drug-likeness (QED) is 0.856. The number of hydrogen-bond acceptors (Lipinski definition) is 4. The Morgan fingerprint density at radius 1 is 1.42 bits per heavy atom. The summed E-state index contributed by atoms with van der Waals surface area (Å²) in [6, 6.07) is 7.28. The summed E-state index contributed by atoms with van der Waals surface area (Å²) in [4.78, 5) is 16.6. The summed E-state index contributed by atoms with van der Waals surface area (Å²) < 4.78 is 1.20. The Morgan fingerprint density at radius 3 is 2.71 bits per heavy atom. The van der Waals surface area contributed by atoms with E-state index in [1.165, 1.54) is 10.8 Å². The Kier molecular flexibility index (Phi) is 5.42. The molecule has 1 aromatic carbocycles. The maximum Gasteiger partial charge on any atom is 0.271 e. The third kappa shape index (κ3) is 3.34. The van der Waals surface area contributed by atoms with Crippen LogP contribution in [0.2, 0.25) is 5.02 Å². The maximum absolute atomic E-state index is 12.3. The normalized spacial score (nSPS) is 11.0. The molecule has 2 rings (SSSR count). The third-order valence-electron chi connectivity index (χ3n) is 3.79. The van der Waals surface area contributed by atoms with Gasteiger partial charge in [-0.3, -0.25) is 14.4 Å². The molecule has 2 aromatic rings. The highest BCUT2D eigenvalue weighted by Crippen LogP contribution is 2.24. The van der Waals surface area contributed by atoms with Gasteiger partial charge >= 0.3 is 0 Å². The number of nitriles is 1. The smallest absolute Gasteiger partial charge is 0.271 e. The zero-order valence-electron chi connectivity index (χ0n) is 13.8. The molecule has 0 saturated carbocycles. The number of aryl methyl sites for hydroxylation is 1. The van der Waals surface area contributed by atoms with E-state index in [1.54, 1.807) is 19.1 Å². The average Bonchev–Trinajstić information content (AvgIpc) is 2.55. The molecule has 0 aliphatic carbocycles. The monoisotopic (exact) mass is 343 g/mol. The highest BCUT2D eigenvalue weighted by molar-refractivity contribution is 6.31. The molecule has 0 aliphatic heterocycles. The lowest BCUT2D eigenvalue weighted by Crippen LogP contribution is -2.25. The molecule has 6 heteroatoms. The van der Waals surface area contributed by atoms with Gasteiger partial charge in [0.05, 0.1) is 11.3 Å². The van der Waals surface area contributed by atoms with Gasteiger partial charge in [0.15, 0.2) is 0 Å². The van der Waals surface area contributed by atoms with Crippen molar-refractivity contribution in [2.75, 3.05) is 0 Å². The van der Waals surface area contributed by atoms with E-state index in [4.69, 9.17) is 11.6 Å². The number of pyridine rings is 1. The van der Waals surface area contributed by atoms with Crippen LogP contribution in [0, 0.1) is 25.2 Å². The highest BCUT2D eigenvalue weighted by atomic mass is 35.5. The van der Waals surface area contributed by atoms with Crippen molar-refractivity contribution in [1.29, 1.82) is 5.26 Å². The largest absolute Gasteiger partial charge is 0.494 e. The van der Waals surface area contributed by atoms with Gasteiger partial charge in [-0.1, -0.05) is 24.6 Å². The molecule has 0 bridgehead atoms. The summed E-state index contributed by atoms with van der Waals surface area (Å²) >= 11 is 6.08. The van der Waals surface area contributed by atoms with Crippen LogP contribution >= 0.6 is 11.6 Å². The fraction of sp³-hybridized carbons (Fsp3) is 0.278. The second kappa shape index (κ2) is 7.33.